The van der Waals surface area contributed by atoms with Gasteiger partial charge in [-0.2, -0.15) is 0 Å². The van der Waals surface area contributed by atoms with Crippen LogP contribution in [0.4, 0.5) is 0 Å². The van der Waals surface area contributed by atoms with E-state index < -0.39 is 24.1 Å². The molecule has 1 aliphatic carbocycles. The number of ketones is 1. The van der Waals surface area contributed by atoms with Crippen LogP contribution in [0.3, 0.4) is 0 Å². The Morgan fingerprint density at radius 1 is 1.22 bits per heavy atom. The third-order valence-electron chi connectivity index (χ3n) is 7.10. The molecule has 1 saturated carbocycles. The molecule has 1 aromatic carbocycles. The molecular formula is C25H36N2O5. The van der Waals surface area contributed by atoms with E-state index in [1.807, 2.05) is 37.3 Å². The van der Waals surface area contributed by atoms with Crippen molar-refractivity contribution >= 4 is 17.7 Å². The van der Waals surface area contributed by atoms with Crippen LogP contribution in [0.5, 0.6) is 0 Å². The van der Waals surface area contributed by atoms with Gasteiger partial charge in [0.2, 0.25) is 0 Å². The fourth-order valence-electron chi connectivity index (χ4n) is 5.23. The van der Waals surface area contributed by atoms with Gasteiger partial charge in [0.1, 0.15) is 12.1 Å². The highest BCUT2D eigenvalue weighted by atomic mass is 16.5. The lowest BCUT2D eigenvalue weighted by atomic mass is 9.76. The van der Waals surface area contributed by atoms with Crippen LogP contribution in [-0.2, 0) is 25.5 Å². The summed E-state index contributed by atoms with van der Waals surface area (Å²) < 4.78 is 5.25. The van der Waals surface area contributed by atoms with Gasteiger partial charge in [0.05, 0.1) is 12.6 Å². The van der Waals surface area contributed by atoms with Gasteiger partial charge < -0.3 is 15.2 Å². The van der Waals surface area contributed by atoms with Gasteiger partial charge in [-0.05, 0) is 69.8 Å². The first-order valence-electron chi connectivity index (χ1n) is 11.8. The Morgan fingerprint density at radius 2 is 1.94 bits per heavy atom. The first kappa shape index (κ1) is 24.4. The van der Waals surface area contributed by atoms with Crippen LogP contribution in [0.1, 0.15) is 57.9 Å². The number of rotatable bonds is 10. The van der Waals surface area contributed by atoms with Crippen molar-refractivity contribution in [1.82, 2.24) is 10.6 Å². The van der Waals surface area contributed by atoms with E-state index >= 15 is 0 Å². The molecule has 1 aliphatic heterocycles. The molecule has 5 atom stereocenters. The number of carbonyl (C=O) groups is 3. The van der Waals surface area contributed by atoms with Crippen molar-refractivity contribution in [2.75, 3.05) is 13.2 Å². The maximum Gasteiger partial charge on any atom is 0.323 e. The Labute approximate surface area is 190 Å². The van der Waals surface area contributed by atoms with Gasteiger partial charge in [-0.1, -0.05) is 30.3 Å². The van der Waals surface area contributed by atoms with Crippen molar-refractivity contribution in [3.63, 3.8) is 0 Å². The van der Waals surface area contributed by atoms with Crippen molar-refractivity contribution in [2.45, 2.75) is 76.9 Å². The van der Waals surface area contributed by atoms with Crippen molar-refractivity contribution in [2.24, 2.45) is 11.3 Å². The highest BCUT2D eigenvalue weighted by Gasteiger charge is 2.45. The van der Waals surface area contributed by atoms with Crippen molar-refractivity contribution in [3.05, 3.63) is 35.9 Å². The summed E-state index contributed by atoms with van der Waals surface area (Å²) >= 11 is 0. The van der Waals surface area contributed by atoms with Crippen LogP contribution >= 0.6 is 0 Å². The molecule has 4 unspecified atom stereocenters. The van der Waals surface area contributed by atoms with Crippen LogP contribution in [-0.4, -0.2) is 54.1 Å². The summed E-state index contributed by atoms with van der Waals surface area (Å²) in [5.74, 6) is -1.04. The molecule has 176 valence electrons. The summed E-state index contributed by atoms with van der Waals surface area (Å²) in [5.41, 5.74) is 1.16. The predicted octanol–water partition coefficient (Wildman–Crippen LogP) is 2.72. The van der Waals surface area contributed by atoms with E-state index in [4.69, 9.17) is 4.74 Å². The number of benzene rings is 1. The molecule has 0 amide bonds. The topological polar surface area (TPSA) is 105 Å². The largest absolute Gasteiger partial charge is 0.480 e. The number of aliphatic carboxylic acids is 1. The standard InChI is InChI=1S/C25H36N2O5/c1-3-32-24(31)21(10-9-18-7-5-4-6-8-18)27-17(2)22(28)19-11-13-25(15-19)14-12-20(23(29)30)26-16-25/h4-8,17,19-21,26-27H,3,9-16H2,1-2H3,(H,29,30)/t17-,19?,20?,21?,25?/m0/s1. The van der Waals surface area contributed by atoms with E-state index in [-0.39, 0.29) is 23.1 Å². The maximum atomic E-state index is 13.2. The molecule has 0 aromatic heterocycles. The maximum absolute atomic E-state index is 13.2. The fourth-order valence-corrected chi connectivity index (χ4v) is 5.23. The van der Waals surface area contributed by atoms with E-state index in [0.29, 0.717) is 26.0 Å². The van der Waals surface area contributed by atoms with E-state index in [9.17, 15) is 19.5 Å². The molecule has 2 aliphatic rings. The summed E-state index contributed by atoms with van der Waals surface area (Å²) in [4.78, 5) is 36.9. The zero-order valence-corrected chi connectivity index (χ0v) is 19.1. The zero-order valence-electron chi connectivity index (χ0n) is 19.1. The highest BCUT2D eigenvalue weighted by Crippen LogP contribution is 2.47. The number of piperidine rings is 1. The Kier molecular flexibility index (Phi) is 8.43. The minimum Gasteiger partial charge on any atom is -0.480 e. The lowest BCUT2D eigenvalue weighted by Gasteiger charge is -2.37. The van der Waals surface area contributed by atoms with Gasteiger partial charge in [0.15, 0.2) is 5.78 Å². The SMILES string of the molecule is CCOC(=O)C(CCc1ccccc1)N[C@@H](C)C(=O)C1CCC2(CCC(C(=O)O)NC2)C1. The van der Waals surface area contributed by atoms with Crippen LogP contribution < -0.4 is 10.6 Å². The lowest BCUT2D eigenvalue weighted by Crippen LogP contribution is -2.49. The Bertz CT molecular complexity index is 789. The molecule has 0 bridgehead atoms. The quantitative estimate of drug-likeness (QED) is 0.477. The van der Waals surface area contributed by atoms with E-state index in [1.165, 1.54) is 0 Å². The summed E-state index contributed by atoms with van der Waals surface area (Å²) in [7, 11) is 0. The molecule has 7 nitrogen and oxygen atoms in total. The number of hydrogen-bond acceptors (Lipinski definition) is 6. The second-order valence-electron chi connectivity index (χ2n) is 9.37. The van der Waals surface area contributed by atoms with Crippen LogP contribution in [0.25, 0.3) is 0 Å². The summed E-state index contributed by atoms with van der Waals surface area (Å²) in [6, 6.07) is 8.52. The van der Waals surface area contributed by atoms with Crippen molar-refractivity contribution in [3.8, 4) is 0 Å². The smallest absolute Gasteiger partial charge is 0.323 e. The molecule has 1 heterocycles. The number of Topliss-reactive ketones (excluding diaryl/α,β-unsaturated/α-hetero) is 1. The minimum atomic E-state index is -0.802. The van der Waals surface area contributed by atoms with Crippen molar-refractivity contribution < 1.29 is 24.2 Å². The highest BCUT2D eigenvalue weighted by molar-refractivity contribution is 5.87. The molecule has 1 saturated heterocycles. The Morgan fingerprint density at radius 3 is 2.56 bits per heavy atom. The van der Waals surface area contributed by atoms with Crippen LogP contribution in [0.2, 0.25) is 0 Å². The van der Waals surface area contributed by atoms with E-state index in [1.54, 1.807) is 6.92 Å². The molecular weight excluding hydrogens is 408 g/mol. The molecule has 7 heteroatoms. The van der Waals surface area contributed by atoms with Crippen LogP contribution in [0.15, 0.2) is 30.3 Å². The van der Waals surface area contributed by atoms with Gasteiger partial charge in [0.25, 0.3) is 0 Å². The molecule has 3 rings (SSSR count). The summed E-state index contributed by atoms with van der Waals surface area (Å²) in [6.45, 7) is 4.58. The second-order valence-corrected chi connectivity index (χ2v) is 9.37. The minimum absolute atomic E-state index is 0.0137. The first-order valence-corrected chi connectivity index (χ1v) is 11.8. The molecule has 3 N–H and O–H groups in total. The molecule has 0 radical (unpaired) electrons. The number of esters is 1. The second kappa shape index (κ2) is 11.1. The fraction of sp³-hybridized carbons (Fsp3) is 0.640. The monoisotopic (exact) mass is 444 g/mol. The number of aryl methyl sites for hydroxylation is 1. The average molecular weight is 445 g/mol. The first-order chi connectivity index (χ1) is 15.3. The van der Waals surface area contributed by atoms with Gasteiger partial charge in [-0.15, -0.1) is 0 Å². The molecule has 1 spiro atoms. The number of hydrogen-bond donors (Lipinski definition) is 3. The van der Waals surface area contributed by atoms with Crippen LogP contribution in [0, 0.1) is 11.3 Å². The number of nitrogens with one attached hydrogen (secondary N) is 2. The number of carboxylic acids is 1. The summed E-state index contributed by atoms with van der Waals surface area (Å²) in [6.07, 6.45) is 5.27. The third-order valence-corrected chi connectivity index (χ3v) is 7.10. The number of carbonyl (C=O) groups excluding carboxylic acids is 2. The Balaban J connectivity index is 1.56. The normalized spacial score (nSPS) is 27.1. The van der Waals surface area contributed by atoms with Crippen molar-refractivity contribution in [1.29, 1.82) is 0 Å². The zero-order chi connectivity index (χ0) is 23.1. The Hall–Kier alpha value is -2.25. The number of carboxylic acid groups (broad SMARTS) is 1. The van der Waals surface area contributed by atoms with Gasteiger partial charge >= 0.3 is 11.9 Å². The third kappa shape index (κ3) is 6.17. The number of ether oxygens (including phenoxy) is 1. The average Bonchev–Trinajstić information content (AvgIpc) is 3.20. The lowest BCUT2D eigenvalue weighted by molar-refractivity contribution is -0.146. The predicted molar refractivity (Wildman–Crippen MR) is 121 cm³/mol. The molecule has 1 aromatic rings. The van der Waals surface area contributed by atoms with Gasteiger partial charge in [0, 0.05) is 12.5 Å². The summed E-state index contributed by atoms with van der Waals surface area (Å²) in [5, 5.41) is 15.6. The van der Waals surface area contributed by atoms with Gasteiger partial charge in [-0.3, -0.25) is 19.7 Å². The van der Waals surface area contributed by atoms with E-state index in [0.717, 1.165) is 37.7 Å². The van der Waals surface area contributed by atoms with Gasteiger partial charge in [-0.25, -0.2) is 0 Å². The van der Waals surface area contributed by atoms with E-state index in [2.05, 4.69) is 10.6 Å². The molecule has 2 fully saturated rings. The molecule has 32 heavy (non-hydrogen) atoms.